The van der Waals surface area contributed by atoms with Crippen LogP contribution in [0.1, 0.15) is 114 Å². The van der Waals surface area contributed by atoms with Gasteiger partial charge in [-0.2, -0.15) is 8.42 Å². The Morgan fingerprint density at radius 2 is 1.07 bits per heavy atom. The lowest BCUT2D eigenvalue weighted by Gasteiger charge is -2.22. The van der Waals surface area contributed by atoms with Gasteiger partial charge in [0.15, 0.2) is 0 Å². The van der Waals surface area contributed by atoms with Crippen molar-refractivity contribution >= 4 is 15.8 Å². The summed E-state index contributed by atoms with van der Waals surface area (Å²) in [4.78, 5) is -0.0284. The van der Waals surface area contributed by atoms with Crippen LogP contribution in [0.15, 0.2) is 4.90 Å². The molecular formula is C24H43NO3S. The Morgan fingerprint density at radius 3 is 1.48 bits per heavy atom. The van der Waals surface area contributed by atoms with Crippen LogP contribution in [0.5, 0.6) is 0 Å². The lowest BCUT2D eigenvalue weighted by molar-refractivity contribution is 0.481. The lowest BCUT2D eigenvalue weighted by Crippen LogP contribution is -2.15. The molecule has 0 spiro atoms. The molecule has 0 radical (unpaired) electrons. The molecule has 0 fully saturated rings. The highest BCUT2D eigenvalue weighted by atomic mass is 32.2. The molecule has 168 valence electrons. The van der Waals surface area contributed by atoms with Gasteiger partial charge in [-0.15, -0.1) is 0 Å². The van der Waals surface area contributed by atoms with Gasteiger partial charge in [0.2, 0.25) is 0 Å². The molecule has 1 aromatic carbocycles. The van der Waals surface area contributed by atoms with Crippen molar-refractivity contribution in [2.45, 2.75) is 122 Å². The molecule has 29 heavy (non-hydrogen) atoms. The van der Waals surface area contributed by atoms with Crippen LogP contribution >= 0.6 is 0 Å². The van der Waals surface area contributed by atoms with E-state index >= 15 is 0 Å². The van der Waals surface area contributed by atoms with Gasteiger partial charge in [-0.25, -0.2) is 0 Å². The summed E-state index contributed by atoms with van der Waals surface area (Å²) in [6, 6.07) is 0. The van der Waals surface area contributed by atoms with Gasteiger partial charge in [0.05, 0.1) is 5.69 Å². The van der Waals surface area contributed by atoms with Crippen molar-refractivity contribution in [2.75, 3.05) is 5.73 Å². The summed E-state index contributed by atoms with van der Waals surface area (Å²) in [5, 5.41) is 0. The van der Waals surface area contributed by atoms with E-state index in [1.807, 2.05) is 6.92 Å². The summed E-state index contributed by atoms with van der Waals surface area (Å²) < 4.78 is 34.2. The van der Waals surface area contributed by atoms with Gasteiger partial charge in [0.1, 0.15) is 4.90 Å². The molecule has 5 heteroatoms. The Bertz CT molecular complexity index is 726. The predicted molar refractivity (Wildman–Crippen MR) is 124 cm³/mol. The zero-order chi connectivity index (χ0) is 21.9. The van der Waals surface area contributed by atoms with Crippen molar-refractivity contribution in [3.05, 3.63) is 22.3 Å². The number of hydrogen-bond acceptors (Lipinski definition) is 3. The topological polar surface area (TPSA) is 80.4 Å². The Kier molecular flexibility index (Phi) is 11.9. The summed E-state index contributed by atoms with van der Waals surface area (Å²) in [7, 11) is -4.34. The molecule has 0 saturated heterocycles. The van der Waals surface area contributed by atoms with Gasteiger partial charge in [0, 0.05) is 0 Å². The number of nitrogen functional groups attached to an aromatic ring is 1. The van der Waals surface area contributed by atoms with Gasteiger partial charge >= 0.3 is 0 Å². The smallest absolute Gasteiger partial charge is 0.296 e. The first-order valence-corrected chi connectivity index (χ1v) is 13.2. The second kappa shape index (κ2) is 13.3. The molecule has 3 N–H and O–H groups in total. The van der Waals surface area contributed by atoms with E-state index in [1.165, 1.54) is 56.9 Å². The summed E-state index contributed by atoms with van der Waals surface area (Å²) in [6.07, 6.45) is 15.3. The number of rotatable bonds is 15. The van der Waals surface area contributed by atoms with Crippen molar-refractivity contribution in [1.29, 1.82) is 0 Å². The van der Waals surface area contributed by atoms with E-state index < -0.39 is 10.1 Å². The zero-order valence-electron chi connectivity index (χ0n) is 19.1. The quantitative estimate of drug-likeness (QED) is 0.187. The van der Waals surface area contributed by atoms with E-state index in [2.05, 4.69) is 20.8 Å². The van der Waals surface area contributed by atoms with Crippen molar-refractivity contribution in [1.82, 2.24) is 0 Å². The van der Waals surface area contributed by atoms with Crippen molar-refractivity contribution in [3.63, 3.8) is 0 Å². The fraction of sp³-hybridized carbons (Fsp3) is 0.750. The highest BCUT2D eigenvalue weighted by molar-refractivity contribution is 7.86. The van der Waals surface area contributed by atoms with Gasteiger partial charge in [-0.3, -0.25) is 4.55 Å². The molecule has 0 amide bonds. The average Bonchev–Trinajstić information content (AvgIpc) is 2.67. The molecular weight excluding hydrogens is 382 g/mol. The van der Waals surface area contributed by atoms with Crippen LogP contribution in [-0.2, 0) is 35.8 Å². The molecule has 0 aliphatic rings. The monoisotopic (exact) mass is 425 g/mol. The summed E-state index contributed by atoms with van der Waals surface area (Å²) in [5.41, 5.74) is 10.4. The van der Waals surface area contributed by atoms with Crippen LogP contribution in [-0.4, -0.2) is 13.0 Å². The fourth-order valence-corrected chi connectivity index (χ4v) is 5.51. The Morgan fingerprint density at radius 1 is 0.655 bits per heavy atom. The minimum Gasteiger partial charge on any atom is -0.397 e. The largest absolute Gasteiger partial charge is 0.397 e. The van der Waals surface area contributed by atoms with E-state index in [-0.39, 0.29) is 10.6 Å². The number of unbranched alkanes of at least 4 members (excludes halogenated alkanes) is 9. The van der Waals surface area contributed by atoms with E-state index in [9.17, 15) is 13.0 Å². The van der Waals surface area contributed by atoms with E-state index in [1.54, 1.807) is 0 Å². The highest BCUT2D eigenvalue weighted by Crippen LogP contribution is 2.36. The lowest BCUT2D eigenvalue weighted by atomic mass is 9.87. The van der Waals surface area contributed by atoms with Crippen LogP contribution in [0.3, 0.4) is 0 Å². The summed E-state index contributed by atoms with van der Waals surface area (Å²) in [6.45, 7) is 8.37. The molecule has 1 rings (SSSR count). The summed E-state index contributed by atoms with van der Waals surface area (Å²) >= 11 is 0. The predicted octanol–water partition coefficient (Wildman–Crippen LogP) is 6.67. The number of benzene rings is 1. The minimum absolute atomic E-state index is 0.0284. The Hall–Kier alpha value is -1.07. The molecule has 4 nitrogen and oxygen atoms in total. The van der Waals surface area contributed by atoms with Crippen LogP contribution in [0.25, 0.3) is 0 Å². The van der Waals surface area contributed by atoms with Crippen molar-refractivity contribution in [2.24, 2.45) is 0 Å². The molecule has 0 aliphatic heterocycles. The van der Waals surface area contributed by atoms with Crippen LogP contribution < -0.4 is 5.73 Å². The first kappa shape index (κ1) is 26.0. The number of nitrogens with two attached hydrogens (primary N) is 1. The van der Waals surface area contributed by atoms with Gasteiger partial charge in [0.25, 0.3) is 10.1 Å². The van der Waals surface area contributed by atoms with Crippen molar-refractivity contribution < 1.29 is 13.0 Å². The summed E-state index contributed by atoms with van der Waals surface area (Å²) in [5.74, 6) is 0. The Balaban J connectivity index is 2.83. The SMILES string of the molecule is CCCCCCCCCCCCc1c(CC)c(CC)c(CC)c(N)c1S(=O)(=O)O. The fourth-order valence-electron chi connectivity index (χ4n) is 4.57. The molecule has 0 aliphatic carbocycles. The highest BCUT2D eigenvalue weighted by Gasteiger charge is 2.26. The van der Waals surface area contributed by atoms with E-state index in [4.69, 9.17) is 5.73 Å². The first-order chi connectivity index (χ1) is 13.8. The second-order valence-corrected chi connectivity index (χ2v) is 9.48. The maximum Gasteiger partial charge on any atom is 0.296 e. The van der Waals surface area contributed by atoms with E-state index in [0.29, 0.717) is 12.8 Å². The van der Waals surface area contributed by atoms with Crippen LogP contribution in [0.4, 0.5) is 5.69 Å². The van der Waals surface area contributed by atoms with Crippen LogP contribution in [0, 0.1) is 0 Å². The molecule has 0 bridgehead atoms. The first-order valence-electron chi connectivity index (χ1n) is 11.8. The molecule has 0 heterocycles. The number of hydrogen-bond donors (Lipinski definition) is 2. The van der Waals surface area contributed by atoms with Gasteiger partial charge in [-0.1, -0.05) is 85.5 Å². The molecule has 0 atom stereocenters. The van der Waals surface area contributed by atoms with E-state index in [0.717, 1.165) is 42.4 Å². The zero-order valence-corrected chi connectivity index (χ0v) is 20.0. The third kappa shape index (κ3) is 7.60. The average molecular weight is 426 g/mol. The molecule has 0 aromatic heterocycles. The normalized spacial score (nSPS) is 11.9. The molecule has 0 saturated carbocycles. The third-order valence-electron chi connectivity index (χ3n) is 6.04. The maximum atomic E-state index is 12.2. The standard InChI is InChI=1S/C24H43NO3S/c1-5-9-10-11-12-13-14-15-16-17-18-22-20(7-3)19(6-2)21(8-4)23(25)24(22)29(26,27)28/h5-18,25H2,1-4H3,(H,26,27,28). The van der Waals surface area contributed by atoms with Gasteiger partial charge < -0.3 is 5.73 Å². The van der Waals surface area contributed by atoms with Crippen LogP contribution in [0.2, 0.25) is 0 Å². The second-order valence-electron chi connectivity index (χ2n) is 8.12. The number of anilines is 1. The van der Waals surface area contributed by atoms with Gasteiger partial charge in [-0.05, 0) is 54.4 Å². The molecule has 0 unspecified atom stereocenters. The third-order valence-corrected chi connectivity index (χ3v) is 7.02. The maximum absolute atomic E-state index is 12.2. The minimum atomic E-state index is -4.34. The Labute approximate surface area is 179 Å². The van der Waals surface area contributed by atoms with Crippen molar-refractivity contribution in [3.8, 4) is 0 Å². The molecule has 1 aromatic rings.